The Labute approximate surface area is 175 Å². The van der Waals surface area contributed by atoms with Crippen LogP contribution in [0.15, 0.2) is 54.1 Å². The zero-order valence-corrected chi connectivity index (χ0v) is 17.1. The lowest BCUT2D eigenvalue weighted by Gasteiger charge is -2.27. The molecular weight excluding hydrogens is 382 g/mol. The van der Waals surface area contributed by atoms with Gasteiger partial charge in [0.25, 0.3) is 11.7 Å². The van der Waals surface area contributed by atoms with Crippen LogP contribution in [0.2, 0.25) is 0 Å². The summed E-state index contributed by atoms with van der Waals surface area (Å²) in [6.07, 6.45) is 1.67. The Morgan fingerprint density at radius 3 is 2.43 bits per heavy atom. The van der Waals surface area contributed by atoms with Crippen LogP contribution in [0.25, 0.3) is 5.76 Å². The molecule has 2 atom stereocenters. The molecule has 0 unspecified atom stereocenters. The number of hydrogen-bond donors (Lipinski definition) is 1. The van der Waals surface area contributed by atoms with Gasteiger partial charge in [-0.2, -0.15) is 0 Å². The summed E-state index contributed by atoms with van der Waals surface area (Å²) in [6, 6.07) is 13.8. The van der Waals surface area contributed by atoms with E-state index in [1.807, 2.05) is 31.2 Å². The summed E-state index contributed by atoms with van der Waals surface area (Å²) in [7, 11) is 1.58. The molecule has 0 saturated carbocycles. The first-order chi connectivity index (χ1) is 14.5. The van der Waals surface area contributed by atoms with E-state index < -0.39 is 17.7 Å². The molecule has 6 heteroatoms. The first kappa shape index (κ1) is 20.2. The molecule has 0 aromatic heterocycles. The van der Waals surface area contributed by atoms with Gasteiger partial charge in [-0.3, -0.25) is 9.59 Å². The fraction of sp³-hybridized carbons (Fsp3) is 0.333. The van der Waals surface area contributed by atoms with Crippen molar-refractivity contribution in [3.05, 3.63) is 70.8 Å². The summed E-state index contributed by atoms with van der Waals surface area (Å²) >= 11 is 0. The van der Waals surface area contributed by atoms with Gasteiger partial charge in [0, 0.05) is 18.7 Å². The number of likely N-dealkylation sites (tertiary alicyclic amines) is 1. The minimum Gasteiger partial charge on any atom is -0.507 e. The van der Waals surface area contributed by atoms with Gasteiger partial charge in [0.1, 0.15) is 11.5 Å². The number of hydrogen-bond acceptors (Lipinski definition) is 5. The number of methoxy groups -OCH3 is 1. The number of aryl methyl sites for hydroxylation is 1. The fourth-order valence-corrected chi connectivity index (χ4v) is 4.08. The Morgan fingerprint density at radius 1 is 1.13 bits per heavy atom. The quantitative estimate of drug-likeness (QED) is 0.466. The van der Waals surface area contributed by atoms with Gasteiger partial charge in [-0.15, -0.1) is 0 Å². The first-order valence-electron chi connectivity index (χ1n) is 10.1. The zero-order chi connectivity index (χ0) is 21.3. The van der Waals surface area contributed by atoms with Gasteiger partial charge in [-0.25, -0.2) is 0 Å². The Bertz CT molecular complexity index is 972. The number of carbonyl (C=O) groups excluding carboxylic acids is 2. The largest absolute Gasteiger partial charge is 0.507 e. The smallest absolute Gasteiger partial charge is 0.295 e. The van der Waals surface area contributed by atoms with E-state index in [0.717, 1.165) is 24.0 Å². The normalized spacial score (nSPS) is 23.2. The number of carbonyl (C=O) groups is 2. The van der Waals surface area contributed by atoms with Gasteiger partial charge in [0.2, 0.25) is 0 Å². The lowest BCUT2D eigenvalue weighted by Crippen LogP contribution is -2.36. The van der Waals surface area contributed by atoms with E-state index in [0.29, 0.717) is 24.5 Å². The van der Waals surface area contributed by atoms with Gasteiger partial charge in [-0.1, -0.05) is 42.0 Å². The third-order valence-electron chi connectivity index (χ3n) is 5.72. The highest BCUT2D eigenvalue weighted by atomic mass is 16.5. The van der Waals surface area contributed by atoms with Crippen LogP contribution in [0.1, 0.15) is 35.6 Å². The van der Waals surface area contributed by atoms with E-state index in [2.05, 4.69) is 0 Å². The summed E-state index contributed by atoms with van der Waals surface area (Å²) in [5.41, 5.74) is 2.39. The van der Waals surface area contributed by atoms with Crippen molar-refractivity contribution in [1.29, 1.82) is 0 Å². The molecule has 6 nitrogen and oxygen atoms in total. The minimum absolute atomic E-state index is 0.104. The summed E-state index contributed by atoms with van der Waals surface area (Å²) < 4.78 is 10.9. The van der Waals surface area contributed by atoms with E-state index in [9.17, 15) is 14.7 Å². The van der Waals surface area contributed by atoms with Crippen LogP contribution in [0, 0.1) is 6.92 Å². The van der Waals surface area contributed by atoms with E-state index in [-0.39, 0.29) is 17.4 Å². The van der Waals surface area contributed by atoms with Crippen LogP contribution in [-0.2, 0) is 14.3 Å². The number of Topliss-reactive ketones (excluding diaryl/α,β-unsaturated/α-hetero) is 1. The number of nitrogens with zero attached hydrogens (tertiary/aromatic N) is 1. The van der Waals surface area contributed by atoms with Gasteiger partial charge >= 0.3 is 0 Å². The number of ketones is 1. The highest BCUT2D eigenvalue weighted by Crippen LogP contribution is 2.40. The molecule has 0 radical (unpaired) electrons. The molecule has 156 valence electrons. The van der Waals surface area contributed by atoms with E-state index in [1.165, 1.54) is 4.90 Å². The lowest BCUT2D eigenvalue weighted by molar-refractivity contribution is -0.140. The second kappa shape index (κ2) is 8.32. The van der Waals surface area contributed by atoms with Crippen LogP contribution >= 0.6 is 0 Å². The Kier molecular flexibility index (Phi) is 5.59. The molecule has 2 aliphatic rings. The van der Waals surface area contributed by atoms with Crippen molar-refractivity contribution in [2.45, 2.75) is 31.9 Å². The summed E-state index contributed by atoms with van der Waals surface area (Å²) in [4.78, 5) is 27.5. The van der Waals surface area contributed by atoms with Crippen LogP contribution in [0.5, 0.6) is 5.75 Å². The third kappa shape index (κ3) is 3.71. The highest BCUT2D eigenvalue weighted by Gasteiger charge is 2.47. The van der Waals surface area contributed by atoms with Gasteiger partial charge in [-0.05, 0) is 37.5 Å². The second-order valence-electron chi connectivity index (χ2n) is 7.73. The zero-order valence-electron chi connectivity index (χ0n) is 17.1. The van der Waals surface area contributed by atoms with E-state index >= 15 is 0 Å². The van der Waals surface area contributed by atoms with Gasteiger partial charge < -0.3 is 19.5 Å². The van der Waals surface area contributed by atoms with Crippen molar-refractivity contribution in [2.24, 2.45) is 0 Å². The summed E-state index contributed by atoms with van der Waals surface area (Å²) in [5.74, 6) is -0.774. The number of rotatable bonds is 5. The molecular formula is C24H25NO5. The van der Waals surface area contributed by atoms with E-state index in [4.69, 9.17) is 9.47 Å². The monoisotopic (exact) mass is 407 g/mol. The van der Waals surface area contributed by atoms with Crippen LogP contribution in [0.4, 0.5) is 0 Å². The van der Waals surface area contributed by atoms with Crippen molar-refractivity contribution >= 4 is 17.4 Å². The van der Waals surface area contributed by atoms with Crippen molar-refractivity contribution in [1.82, 2.24) is 4.90 Å². The molecule has 0 bridgehead atoms. The topological polar surface area (TPSA) is 76.1 Å². The molecule has 0 aliphatic carbocycles. The molecule has 4 rings (SSSR count). The average Bonchev–Trinajstić information content (AvgIpc) is 3.36. The second-order valence-corrected chi connectivity index (χ2v) is 7.73. The molecule has 1 N–H and O–H groups in total. The van der Waals surface area contributed by atoms with Gasteiger partial charge in [0.15, 0.2) is 0 Å². The standard InChI is InChI=1S/C24H25NO5/c1-15-5-7-17(8-6-15)22(26)20-21(16-9-11-18(29-2)12-10-16)25(24(28)23(20)27)14-19-4-3-13-30-19/h5-12,19,21,26H,3-4,13-14H2,1-2H3/t19-,21-/m0/s1. The lowest BCUT2D eigenvalue weighted by atomic mass is 9.95. The van der Waals surface area contributed by atoms with Crippen molar-refractivity contribution in [3.8, 4) is 5.75 Å². The Morgan fingerprint density at radius 2 is 1.83 bits per heavy atom. The maximum absolute atomic E-state index is 13.0. The SMILES string of the molecule is COc1ccc([C@H]2C(=C(O)c3ccc(C)cc3)C(=O)C(=O)N2C[C@@H]2CCCO2)cc1. The third-order valence-corrected chi connectivity index (χ3v) is 5.72. The highest BCUT2D eigenvalue weighted by molar-refractivity contribution is 6.46. The Hall–Kier alpha value is -3.12. The van der Waals surface area contributed by atoms with Crippen molar-refractivity contribution < 1.29 is 24.2 Å². The van der Waals surface area contributed by atoms with Crippen LogP contribution in [-0.4, -0.2) is 48.1 Å². The molecule has 2 aliphatic heterocycles. The number of aliphatic hydroxyl groups is 1. The minimum atomic E-state index is -0.679. The molecule has 2 fully saturated rings. The molecule has 0 spiro atoms. The van der Waals surface area contributed by atoms with Crippen molar-refractivity contribution in [2.75, 3.05) is 20.3 Å². The maximum atomic E-state index is 13.0. The van der Waals surface area contributed by atoms with Crippen LogP contribution in [0.3, 0.4) is 0 Å². The number of amides is 1. The predicted molar refractivity (Wildman–Crippen MR) is 112 cm³/mol. The van der Waals surface area contributed by atoms with Gasteiger partial charge in [0.05, 0.1) is 24.8 Å². The maximum Gasteiger partial charge on any atom is 0.295 e. The summed E-state index contributed by atoms with van der Waals surface area (Å²) in [6.45, 7) is 2.92. The number of benzene rings is 2. The fourth-order valence-electron chi connectivity index (χ4n) is 4.08. The molecule has 2 aromatic carbocycles. The summed E-state index contributed by atoms with van der Waals surface area (Å²) in [5, 5.41) is 11.0. The first-order valence-corrected chi connectivity index (χ1v) is 10.1. The molecule has 1 amide bonds. The number of aliphatic hydroxyl groups excluding tert-OH is 1. The average molecular weight is 407 g/mol. The predicted octanol–water partition coefficient (Wildman–Crippen LogP) is 3.60. The van der Waals surface area contributed by atoms with Crippen LogP contribution < -0.4 is 4.74 Å². The van der Waals surface area contributed by atoms with Crippen molar-refractivity contribution in [3.63, 3.8) is 0 Å². The Balaban J connectivity index is 1.80. The molecule has 2 aromatic rings. The molecule has 2 saturated heterocycles. The molecule has 30 heavy (non-hydrogen) atoms. The number of ether oxygens (including phenoxy) is 2. The van der Waals surface area contributed by atoms with E-state index in [1.54, 1.807) is 31.4 Å². The molecule has 2 heterocycles.